The molecular weight excluding hydrogens is 244 g/mol. The molecule has 6 nitrogen and oxygen atoms in total. The summed E-state index contributed by atoms with van der Waals surface area (Å²) in [5.74, 6) is 0.585. The van der Waals surface area contributed by atoms with Crippen molar-refractivity contribution in [3.63, 3.8) is 0 Å². The van der Waals surface area contributed by atoms with Gasteiger partial charge in [0.05, 0.1) is 0 Å². The van der Waals surface area contributed by atoms with Crippen LogP contribution in [-0.4, -0.2) is 16.1 Å². The fourth-order valence-electron chi connectivity index (χ4n) is 1.78. The van der Waals surface area contributed by atoms with Crippen LogP contribution in [0.15, 0.2) is 34.7 Å². The third-order valence-electron chi connectivity index (χ3n) is 3.04. The van der Waals surface area contributed by atoms with Crippen LogP contribution >= 0.6 is 0 Å². The van der Waals surface area contributed by atoms with E-state index < -0.39 is 6.04 Å². The van der Waals surface area contributed by atoms with Gasteiger partial charge < -0.3 is 10.2 Å². The lowest BCUT2D eigenvalue weighted by atomic mass is 10.1. The van der Waals surface area contributed by atoms with E-state index in [-0.39, 0.29) is 11.9 Å². The predicted molar refractivity (Wildman–Crippen MR) is 68.3 cm³/mol. The van der Waals surface area contributed by atoms with Gasteiger partial charge in [-0.05, 0) is 18.4 Å². The fraction of sp³-hybridized carbons (Fsp3) is 0.308. The average molecular weight is 258 g/mol. The van der Waals surface area contributed by atoms with Crippen LogP contribution in [0.3, 0.4) is 0 Å². The maximum atomic E-state index is 11.9. The molecule has 1 heterocycles. The van der Waals surface area contributed by atoms with Crippen LogP contribution in [0.1, 0.15) is 36.3 Å². The van der Waals surface area contributed by atoms with E-state index in [2.05, 4.69) is 15.5 Å². The van der Waals surface area contributed by atoms with Crippen molar-refractivity contribution in [3.05, 3.63) is 41.8 Å². The maximum absolute atomic E-state index is 11.9. The normalized spacial score (nSPS) is 16.1. The first-order valence-electron chi connectivity index (χ1n) is 6.19. The summed E-state index contributed by atoms with van der Waals surface area (Å²) in [6.07, 6.45) is 2.14. The number of carbonyl (C=O) groups excluding carboxylic acids is 1. The number of nitrogens with two attached hydrogens (primary N) is 1. The SMILES string of the molecule is N[C@H](C(=O)Nc1nnc(C2CC2)o1)c1ccccc1. The Hall–Kier alpha value is -2.21. The Balaban J connectivity index is 1.66. The lowest BCUT2D eigenvalue weighted by Gasteiger charge is -2.09. The highest BCUT2D eigenvalue weighted by Gasteiger charge is 2.29. The number of anilines is 1. The van der Waals surface area contributed by atoms with Crippen LogP contribution in [-0.2, 0) is 4.79 Å². The van der Waals surface area contributed by atoms with Crippen molar-refractivity contribution in [2.75, 3.05) is 5.32 Å². The van der Waals surface area contributed by atoms with Crippen molar-refractivity contribution in [2.45, 2.75) is 24.8 Å². The van der Waals surface area contributed by atoms with Crippen LogP contribution in [0.4, 0.5) is 6.01 Å². The van der Waals surface area contributed by atoms with Gasteiger partial charge in [-0.15, -0.1) is 5.10 Å². The molecule has 1 aromatic heterocycles. The van der Waals surface area contributed by atoms with E-state index in [0.29, 0.717) is 11.8 Å². The second-order valence-corrected chi connectivity index (χ2v) is 4.60. The molecule has 1 saturated carbocycles. The number of carbonyl (C=O) groups is 1. The molecule has 1 aliphatic rings. The standard InChI is InChI=1S/C13H14N4O2/c14-10(8-4-2-1-3-5-8)11(18)15-13-17-16-12(19-13)9-6-7-9/h1-5,9-10H,6-7,14H2,(H,15,17,18)/t10-/m0/s1. The summed E-state index contributed by atoms with van der Waals surface area (Å²) in [4.78, 5) is 11.9. The third-order valence-corrected chi connectivity index (χ3v) is 3.04. The molecule has 1 amide bonds. The molecule has 1 aliphatic carbocycles. The van der Waals surface area contributed by atoms with Gasteiger partial charge in [-0.3, -0.25) is 10.1 Å². The summed E-state index contributed by atoms with van der Waals surface area (Å²) >= 11 is 0. The summed E-state index contributed by atoms with van der Waals surface area (Å²) in [5.41, 5.74) is 6.60. The molecule has 2 aromatic rings. The molecule has 0 aliphatic heterocycles. The minimum atomic E-state index is -0.752. The number of aromatic nitrogens is 2. The summed E-state index contributed by atoms with van der Waals surface area (Å²) in [5, 5.41) is 10.2. The first-order valence-corrected chi connectivity index (χ1v) is 6.19. The molecule has 0 saturated heterocycles. The summed E-state index contributed by atoms with van der Waals surface area (Å²) in [7, 11) is 0. The molecule has 1 atom stereocenters. The van der Waals surface area contributed by atoms with E-state index in [9.17, 15) is 4.79 Å². The van der Waals surface area contributed by atoms with Crippen LogP contribution < -0.4 is 11.1 Å². The van der Waals surface area contributed by atoms with Gasteiger partial charge in [0.2, 0.25) is 11.8 Å². The number of hydrogen-bond acceptors (Lipinski definition) is 5. The van der Waals surface area contributed by atoms with Crippen molar-refractivity contribution in [2.24, 2.45) is 5.73 Å². The lowest BCUT2D eigenvalue weighted by molar-refractivity contribution is -0.117. The van der Waals surface area contributed by atoms with E-state index in [1.54, 1.807) is 12.1 Å². The molecule has 0 unspecified atom stereocenters. The van der Waals surface area contributed by atoms with Gasteiger partial charge >= 0.3 is 6.01 Å². The second kappa shape index (κ2) is 4.81. The van der Waals surface area contributed by atoms with Gasteiger partial charge in [-0.2, -0.15) is 0 Å². The number of amides is 1. The highest BCUT2D eigenvalue weighted by molar-refractivity contribution is 5.93. The first-order chi connectivity index (χ1) is 9.24. The van der Waals surface area contributed by atoms with Crippen LogP contribution in [0.25, 0.3) is 0 Å². The molecule has 98 valence electrons. The van der Waals surface area contributed by atoms with Gasteiger partial charge in [0.25, 0.3) is 0 Å². The van der Waals surface area contributed by atoms with Gasteiger partial charge in [0.15, 0.2) is 0 Å². The predicted octanol–water partition coefficient (Wildman–Crippen LogP) is 1.59. The summed E-state index contributed by atoms with van der Waals surface area (Å²) in [6.45, 7) is 0. The molecule has 3 N–H and O–H groups in total. The third kappa shape index (κ3) is 2.63. The quantitative estimate of drug-likeness (QED) is 0.868. The topological polar surface area (TPSA) is 94.0 Å². The van der Waals surface area contributed by atoms with Gasteiger partial charge in [-0.25, -0.2) is 0 Å². The highest BCUT2D eigenvalue weighted by atomic mass is 16.4. The van der Waals surface area contributed by atoms with Gasteiger partial charge in [0.1, 0.15) is 6.04 Å². The van der Waals surface area contributed by atoms with Crippen LogP contribution in [0, 0.1) is 0 Å². The maximum Gasteiger partial charge on any atom is 0.322 e. The smallest absolute Gasteiger partial charge is 0.322 e. The Labute approximate surface area is 110 Å². The zero-order chi connectivity index (χ0) is 13.2. The van der Waals surface area contributed by atoms with Crippen LogP contribution in [0.5, 0.6) is 0 Å². The zero-order valence-electron chi connectivity index (χ0n) is 10.2. The Kier molecular flexibility index (Phi) is 3.00. The largest absolute Gasteiger partial charge is 0.408 e. The van der Waals surface area contributed by atoms with E-state index in [0.717, 1.165) is 18.4 Å². The second-order valence-electron chi connectivity index (χ2n) is 4.60. The summed E-state index contributed by atoms with van der Waals surface area (Å²) in [6, 6.07) is 8.49. The molecule has 3 rings (SSSR count). The van der Waals surface area contributed by atoms with Gasteiger partial charge in [0, 0.05) is 5.92 Å². The van der Waals surface area contributed by atoms with E-state index in [4.69, 9.17) is 10.2 Å². The molecule has 1 fully saturated rings. The van der Waals surface area contributed by atoms with Crippen molar-refractivity contribution in [3.8, 4) is 0 Å². The Morgan fingerprint density at radius 1 is 1.32 bits per heavy atom. The fourth-order valence-corrected chi connectivity index (χ4v) is 1.78. The Morgan fingerprint density at radius 2 is 2.05 bits per heavy atom. The minimum Gasteiger partial charge on any atom is -0.408 e. The van der Waals surface area contributed by atoms with Crippen molar-refractivity contribution in [1.82, 2.24) is 10.2 Å². The van der Waals surface area contributed by atoms with Crippen molar-refractivity contribution < 1.29 is 9.21 Å². The number of benzene rings is 1. The Bertz CT molecular complexity index is 577. The molecule has 0 spiro atoms. The average Bonchev–Trinajstić information content (AvgIpc) is 3.20. The molecule has 19 heavy (non-hydrogen) atoms. The minimum absolute atomic E-state index is 0.110. The zero-order valence-corrected chi connectivity index (χ0v) is 10.2. The van der Waals surface area contributed by atoms with E-state index in [1.165, 1.54) is 0 Å². The van der Waals surface area contributed by atoms with Gasteiger partial charge in [-0.1, -0.05) is 35.4 Å². The molecule has 6 heteroatoms. The van der Waals surface area contributed by atoms with Crippen molar-refractivity contribution >= 4 is 11.9 Å². The van der Waals surface area contributed by atoms with E-state index in [1.807, 2.05) is 18.2 Å². The molecule has 0 radical (unpaired) electrons. The number of hydrogen-bond donors (Lipinski definition) is 2. The highest BCUT2D eigenvalue weighted by Crippen LogP contribution is 2.39. The van der Waals surface area contributed by atoms with E-state index >= 15 is 0 Å². The first kappa shape index (κ1) is 11.9. The summed E-state index contributed by atoms with van der Waals surface area (Å²) < 4.78 is 5.35. The Morgan fingerprint density at radius 3 is 2.74 bits per heavy atom. The van der Waals surface area contributed by atoms with Crippen molar-refractivity contribution in [1.29, 1.82) is 0 Å². The van der Waals surface area contributed by atoms with Crippen LogP contribution in [0.2, 0.25) is 0 Å². The number of rotatable bonds is 4. The number of nitrogens with zero attached hydrogens (tertiary/aromatic N) is 2. The molecular formula is C13H14N4O2. The lowest BCUT2D eigenvalue weighted by Crippen LogP contribution is -2.27. The monoisotopic (exact) mass is 258 g/mol. The molecule has 1 aromatic carbocycles. The number of nitrogens with one attached hydrogen (secondary N) is 1. The molecule has 0 bridgehead atoms.